The molecule has 31 heavy (non-hydrogen) atoms. The molecule has 0 bridgehead atoms. The normalized spacial score (nSPS) is 19.0. The first kappa shape index (κ1) is 23.6. The van der Waals surface area contributed by atoms with E-state index in [4.69, 9.17) is 15.6 Å². The van der Waals surface area contributed by atoms with Gasteiger partial charge in [-0.3, -0.25) is 19.2 Å². The summed E-state index contributed by atoms with van der Waals surface area (Å²) in [6.45, 7) is 0. The summed E-state index contributed by atoms with van der Waals surface area (Å²) in [4.78, 5) is 57.9. The van der Waals surface area contributed by atoms with E-state index in [2.05, 4.69) is 10.6 Å². The number of epoxide rings is 1. The van der Waals surface area contributed by atoms with Crippen LogP contribution in [0.15, 0.2) is 24.3 Å². The maximum Gasteiger partial charge on any atom is 0.326 e. The number of aromatic hydroxyl groups is 1. The minimum Gasteiger partial charge on any atom is -0.508 e. The number of carboxylic acids is 2. The molecule has 1 aliphatic heterocycles. The van der Waals surface area contributed by atoms with Crippen LogP contribution in [-0.4, -0.2) is 69.3 Å². The molecule has 7 N–H and O–H groups in total. The summed E-state index contributed by atoms with van der Waals surface area (Å²) < 4.78 is 5.01. The van der Waals surface area contributed by atoms with Crippen LogP contribution in [0.3, 0.4) is 0 Å². The van der Waals surface area contributed by atoms with E-state index in [0.29, 0.717) is 5.56 Å². The molecule has 3 amide bonds. The Labute approximate surface area is 176 Å². The average Bonchev–Trinajstić information content (AvgIpc) is 3.49. The van der Waals surface area contributed by atoms with Crippen molar-refractivity contribution in [2.45, 2.75) is 50.0 Å². The topological polar surface area (TPSA) is 209 Å². The highest BCUT2D eigenvalue weighted by Crippen LogP contribution is 2.23. The number of nitrogens with one attached hydrogen (secondary N) is 2. The van der Waals surface area contributed by atoms with Gasteiger partial charge in [0.05, 0.1) is 0 Å². The van der Waals surface area contributed by atoms with Gasteiger partial charge < -0.3 is 36.4 Å². The van der Waals surface area contributed by atoms with Gasteiger partial charge >= 0.3 is 11.9 Å². The Kier molecular flexibility index (Phi) is 7.91. The lowest BCUT2D eigenvalue weighted by atomic mass is 10.1. The summed E-state index contributed by atoms with van der Waals surface area (Å²) in [5, 5.41) is 31.8. The molecule has 12 nitrogen and oxygen atoms in total. The largest absolute Gasteiger partial charge is 0.508 e. The fourth-order valence-corrected chi connectivity index (χ4v) is 2.83. The lowest BCUT2D eigenvalue weighted by Crippen LogP contribution is -2.48. The summed E-state index contributed by atoms with van der Waals surface area (Å²) in [7, 11) is 0. The Morgan fingerprint density at radius 3 is 2.00 bits per heavy atom. The molecule has 12 heteroatoms. The molecule has 168 valence electrons. The monoisotopic (exact) mass is 437 g/mol. The molecule has 1 aromatic carbocycles. The first-order valence-corrected chi connectivity index (χ1v) is 9.36. The average molecular weight is 437 g/mol. The number of carboxylic acid groups (broad SMARTS) is 2. The van der Waals surface area contributed by atoms with Crippen molar-refractivity contribution in [1.82, 2.24) is 10.6 Å². The second kappa shape index (κ2) is 10.4. The smallest absolute Gasteiger partial charge is 0.326 e. The van der Waals surface area contributed by atoms with E-state index in [1.165, 1.54) is 24.3 Å². The third kappa shape index (κ3) is 7.26. The highest BCUT2D eigenvalue weighted by Gasteiger charge is 2.51. The van der Waals surface area contributed by atoms with Crippen LogP contribution in [0, 0.1) is 0 Å². The fourth-order valence-electron chi connectivity index (χ4n) is 2.83. The lowest BCUT2D eigenvalue weighted by molar-refractivity contribution is -0.142. The standard InChI is InChI=1S/C19H23N3O9/c20-16(26)11(2-1-3-13(24)25)21-17(27)14-15(31-14)18(28)22-12(19(29)30)8-9-4-6-10(23)7-5-9/h4-7,11-12,14-15,23H,1-3,8H2,(H2,20,26)(H,21,27)(H,22,28)(H,24,25)(H,29,30). The van der Waals surface area contributed by atoms with Gasteiger partial charge in [0.1, 0.15) is 17.8 Å². The fraction of sp³-hybridized carbons (Fsp3) is 0.421. The van der Waals surface area contributed by atoms with Crippen LogP contribution in [-0.2, 0) is 35.1 Å². The molecule has 4 unspecified atom stereocenters. The molecule has 2 rings (SSSR count). The van der Waals surface area contributed by atoms with E-state index in [-0.39, 0.29) is 31.4 Å². The van der Waals surface area contributed by atoms with E-state index in [9.17, 15) is 34.2 Å². The van der Waals surface area contributed by atoms with E-state index >= 15 is 0 Å². The zero-order valence-electron chi connectivity index (χ0n) is 16.3. The third-order valence-corrected chi connectivity index (χ3v) is 4.54. The Morgan fingerprint density at radius 2 is 1.52 bits per heavy atom. The van der Waals surface area contributed by atoms with Crippen molar-refractivity contribution in [1.29, 1.82) is 0 Å². The number of phenols is 1. The highest BCUT2D eigenvalue weighted by atomic mass is 16.6. The molecule has 1 aliphatic rings. The van der Waals surface area contributed by atoms with Crippen LogP contribution in [0.2, 0.25) is 0 Å². The number of carbonyl (C=O) groups excluding carboxylic acids is 3. The predicted octanol–water partition coefficient (Wildman–Crippen LogP) is -1.50. The van der Waals surface area contributed by atoms with Crippen molar-refractivity contribution in [2.75, 3.05) is 0 Å². The van der Waals surface area contributed by atoms with Crippen LogP contribution in [0.5, 0.6) is 5.75 Å². The molecule has 4 atom stereocenters. The van der Waals surface area contributed by atoms with Crippen LogP contribution < -0.4 is 16.4 Å². The minimum absolute atomic E-state index is 0.00464. The number of primary amides is 1. The van der Waals surface area contributed by atoms with E-state index in [1.807, 2.05) is 0 Å². The lowest BCUT2D eigenvalue weighted by Gasteiger charge is -2.15. The molecule has 1 fully saturated rings. The van der Waals surface area contributed by atoms with Gasteiger partial charge in [-0.05, 0) is 30.5 Å². The quantitative estimate of drug-likeness (QED) is 0.210. The van der Waals surface area contributed by atoms with Crippen molar-refractivity contribution in [3.63, 3.8) is 0 Å². The Bertz CT molecular complexity index is 856. The predicted molar refractivity (Wildman–Crippen MR) is 103 cm³/mol. The van der Waals surface area contributed by atoms with Crippen molar-refractivity contribution in [2.24, 2.45) is 5.73 Å². The zero-order chi connectivity index (χ0) is 23.1. The van der Waals surface area contributed by atoms with Crippen LogP contribution in [0.25, 0.3) is 0 Å². The molecule has 1 saturated heterocycles. The highest BCUT2D eigenvalue weighted by molar-refractivity contribution is 5.98. The number of benzene rings is 1. The number of nitrogens with two attached hydrogens (primary N) is 1. The van der Waals surface area contributed by atoms with Crippen LogP contribution in [0.4, 0.5) is 0 Å². The maximum atomic E-state index is 12.3. The van der Waals surface area contributed by atoms with E-state index < -0.39 is 54.0 Å². The van der Waals surface area contributed by atoms with Gasteiger partial charge in [-0.1, -0.05) is 12.1 Å². The SMILES string of the molecule is NC(=O)C(CCCC(=O)O)NC(=O)C1OC1C(=O)NC(Cc1ccc(O)cc1)C(=O)O. The van der Waals surface area contributed by atoms with Gasteiger partial charge in [0.2, 0.25) is 5.91 Å². The molecule has 0 radical (unpaired) electrons. The first-order chi connectivity index (χ1) is 14.6. The second-order valence-corrected chi connectivity index (χ2v) is 7.00. The third-order valence-electron chi connectivity index (χ3n) is 4.54. The molecule has 1 heterocycles. The van der Waals surface area contributed by atoms with Crippen LogP contribution >= 0.6 is 0 Å². The summed E-state index contributed by atoms with van der Waals surface area (Å²) in [6, 6.07) is 3.36. The number of rotatable bonds is 12. The number of amides is 3. The van der Waals surface area contributed by atoms with Gasteiger partial charge in [-0.2, -0.15) is 0 Å². The number of hydrogen-bond donors (Lipinski definition) is 6. The van der Waals surface area contributed by atoms with Crippen molar-refractivity contribution < 1.29 is 44.0 Å². The molecular weight excluding hydrogens is 414 g/mol. The van der Waals surface area contributed by atoms with E-state index in [0.717, 1.165) is 0 Å². The summed E-state index contributed by atoms with van der Waals surface area (Å²) in [6.07, 6.45) is -2.60. The number of carbonyl (C=O) groups is 5. The van der Waals surface area contributed by atoms with Crippen molar-refractivity contribution in [3.05, 3.63) is 29.8 Å². The first-order valence-electron chi connectivity index (χ1n) is 9.36. The van der Waals surface area contributed by atoms with Crippen molar-refractivity contribution in [3.8, 4) is 5.75 Å². The number of hydrogen-bond acceptors (Lipinski definition) is 7. The van der Waals surface area contributed by atoms with Gasteiger partial charge in [-0.25, -0.2) is 4.79 Å². The Morgan fingerprint density at radius 1 is 0.968 bits per heavy atom. The van der Waals surface area contributed by atoms with E-state index in [1.54, 1.807) is 0 Å². The van der Waals surface area contributed by atoms with Gasteiger partial charge in [0.15, 0.2) is 12.2 Å². The molecule has 1 aromatic rings. The zero-order valence-corrected chi connectivity index (χ0v) is 16.3. The summed E-state index contributed by atoms with van der Waals surface area (Å²) >= 11 is 0. The maximum absolute atomic E-state index is 12.3. The van der Waals surface area contributed by atoms with Gasteiger partial charge in [0, 0.05) is 12.8 Å². The molecule has 0 aromatic heterocycles. The number of aliphatic carboxylic acids is 2. The number of phenolic OH excluding ortho intramolecular Hbond substituents is 1. The van der Waals surface area contributed by atoms with Gasteiger partial charge in [-0.15, -0.1) is 0 Å². The summed E-state index contributed by atoms with van der Waals surface area (Å²) in [5.41, 5.74) is 5.75. The van der Waals surface area contributed by atoms with Crippen molar-refractivity contribution >= 4 is 29.7 Å². The van der Waals surface area contributed by atoms with Gasteiger partial charge in [0.25, 0.3) is 11.8 Å². The Hall–Kier alpha value is -3.67. The molecule has 0 saturated carbocycles. The molecule has 0 spiro atoms. The van der Waals surface area contributed by atoms with Crippen LogP contribution in [0.1, 0.15) is 24.8 Å². The number of ether oxygens (including phenoxy) is 1. The summed E-state index contributed by atoms with van der Waals surface area (Å²) in [5.74, 6) is -4.80. The second-order valence-electron chi connectivity index (χ2n) is 7.00. The molecule has 0 aliphatic carbocycles. The minimum atomic E-state index is -1.30. The Balaban J connectivity index is 1.88. The molecular formula is C19H23N3O9.